The monoisotopic (exact) mass is 452 g/mol. The highest BCUT2D eigenvalue weighted by molar-refractivity contribution is 8.18. The maximum absolute atomic E-state index is 13.8. The lowest BCUT2D eigenvalue weighted by atomic mass is 10.1. The molecule has 32 heavy (non-hydrogen) atoms. The smallest absolute Gasteiger partial charge is 0.293 e. The van der Waals surface area contributed by atoms with Crippen molar-refractivity contribution in [2.75, 3.05) is 13.1 Å². The van der Waals surface area contributed by atoms with Gasteiger partial charge in [-0.05, 0) is 52.0 Å². The normalized spacial score (nSPS) is 14.9. The van der Waals surface area contributed by atoms with Crippen LogP contribution in [0.25, 0.3) is 11.8 Å². The van der Waals surface area contributed by atoms with Gasteiger partial charge in [-0.15, -0.1) is 5.10 Å². The molecule has 0 aliphatic carbocycles. The lowest BCUT2D eigenvalue weighted by molar-refractivity contribution is -0.124. The number of hydrogen-bond donors (Lipinski definition) is 1. The van der Waals surface area contributed by atoms with E-state index in [0.717, 1.165) is 27.9 Å². The summed E-state index contributed by atoms with van der Waals surface area (Å²) in [4.78, 5) is 38.1. The molecule has 2 aromatic carbocycles. The third-order valence-electron chi connectivity index (χ3n) is 4.64. The Balaban J connectivity index is 1.28. The van der Waals surface area contributed by atoms with Crippen molar-refractivity contribution in [1.82, 2.24) is 30.4 Å². The van der Waals surface area contributed by atoms with Crippen molar-refractivity contribution in [3.05, 3.63) is 76.7 Å². The molecule has 0 atom stereocenters. The van der Waals surface area contributed by atoms with Gasteiger partial charge in [0.15, 0.2) is 0 Å². The van der Waals surface area contributed by atoms with Crippen LogP contribution >= 0.6 is 11.8 Å². The molecule has 1 N–H and O–H groups in total. The first kappa shape index (κ1) is 21.4. The zero-order valence-electron chi connectivity index (χ0n) is 16.6. The Hall–Kier alpha value is -3.86. The zero-order valence-corrected chi connectivity index (χ0v) is 17.5. The Morgan fingerprint density at radius 3 is 2.62 bits per heavy atom. The summed E-state index contributed by atoms with van der Waals surface area (Å²) in [6, 6.07) is 13.2. The molecule has 0 bridgehead atoms. The Bertz CT molecular complexity index is 1180. The van der Waals surface area contributed by atoms with Crippen LogP contribution in [0.2, 0.25) is 0 Å². The first-order valence-electron chi connectivity index (χ1n) is 9.60. The van der Waals surface area contributed by atoms with Crippen LogP contribution in [-0.2, 0) is 16.0 Å². The molecule has 0 spiro atoms. The molecule has 1 saturated heterocycles. The van der Waals surface area contributed by atoms with Gasteiger partial charge < -0.3 is 5.32 Å². The lowest BCUT2D eigenvalue weighted by Crippen LogP contribution is -2.37. The van der Waals surface area contributed by atoms with Crippen LogP contribution in [-0.4, -0.2) is 55.3 Å². The Kier molecular flexibility index (Phi) is 6.36. The van der Waals surface area contributed by atoms with Crippen molar-refractivity contribution >= 4 is 34.9 Å². The number of carbonyl (C=O) groups is 3. The summed E-state index contributed by atoms with van der Waals surface area (Å²) in [5, 5.41) is 13.2. The highest BCUT2D eigenvalue weighted by atomic mass is 32.2. The summed E-state index contributed by atoms with van der Waals surface area (Å²) in [5.74, 6) is -1.22. The lowest BCUT2D eigenvalue weighted by Gasteiger charge is -2.13. The van der Waals surface area contributed by atoms with Crippen LogP contribution in [0.1, 0.15) is 11.1 Å². The van der Waals surface area contributed by atoms with Gasteiger partial charge in [0.2, 0.25) is 5.91 Å². The topological polar surface area (TPSA) is 110 Å². The van der Waals surface area contributed by atoms with E-state index >= 15 is 0 Å². The second kappa shape index (κ2) is 9.52. The third-order valence-corrected chi connectivity index (χ3v) is 5.54. The Labute approximate surface area is 186 Å². The maximum Gasteiger partial charge on any atom is 0.293 e. The number of hydrogen-bond acceptors (Lipinski definition) is 7. The summed E-state index contributed by atoms with van der Waals surface area (Å²) < 4.78 is 15.3. The molecule has 1 fully saturated rings. The van der Waals surface area contributed by atoms with Crippen LogP contribution in [0.3, 0.4) is 0 Å². The minimum absolute atomic E-state index is 0.0310. The van der Waals surface area contributed by atoms with Crippen molar-refractivity contribution in [3.63, 3.8) is 0 Å². The summed E-state index contributed by atoms with van der Waals surface area (Å²) in [5.41, 5.74) is 1.79. The summed E-state index contributed by atoms with van der Waals surface area (Å²) in [7, 11) is 0. The van der Waals surface area contributed by atoms with Crippen LogP contribution in [0.5, 0.6) is 0 Å². The molecule has 0 radical (unpaired) electrons. The SMILES string of the molecule is O=C(Cc1ccc(-n2cnnn2)cc1)NCCN1C(=O)S/C(=C\c2ccccc2F)C1=O. The number of thioether (sulfide) groups is 1. The van der Waals surface area contributed by atoms with E-state index in [4.69, 9.17) is 0 Å². The molecule has 0 saturated carbocycles. The number of tetrazole rings is 1. The predicted octanol–water partition coefficient (Wildman–Crippen LogP) is 2.20. The van der Waals surface area contributed by atoms with Crippen molar-refractivity contribution in [1.29, 1.82) is 0 Å². The van der Waals surface area contributed by atoms with E-state index in [1.54, 1.807) is 36.4 Å². The van der Waals surface area contributed by atoms with Crippen molar-refractivity contribution in [3.8, 4) is 5.69 Å². The van der Waals surface area contributed by atoms with Gasteiger partial charge in [-0.2, -0.15) is 0 Å². The molecule has 162 valence electrons. The number of imide groups is 1. The highest BCUT2D eigenvalue weighted by Gasteiger charge is 2.34. The van der Waals surface area contributed by atoms with Crippen LogP contribution < -0.4 is 5.32 Å². The molecule has 2 heterocycles. The van der Waals surface area contributed by atoms with Crippen LogP contribution in [0.4, 0.5) is 9.18 Å². The fraction of sp³-hybridized carbons (Fsp3) is 0.143. The molecule has 4 rings (SSSR count). The Morgan fingerprint density at radius 1 is 1.12 bits per heavy atom. The van der Waals surface area contributed by atoms with Gasteiger partial charge in [0.05, 0.1) is 17.0 Å². The van der Waals surface area contributed by atoms with Crippen molar-refractivity contribution in [2.24, 2.45) is 0 Å². The number of halogens is 1. The minimum atomic E-state index is -0.504. The first-order chi connectivity index (χ1) is 15.5. The van der Waals surface area contributed by atoms with Gasteiger partial charge in [-0.1, -0.05) is 30.3 Å². The number of nitrogens with one attached hydrogen (secondary N) is 1. The molecule has 3 amide bonds. The minimum Gasteiger partial charge on any atom is -0.354 e. The van der Waals surface area contributed by atoms with Crippen molar-refractivity contribution in [2.45, 2.75) is 6.42 Å². The average molecular weight is 452 g/mol. The van der Waals surface area contributed by atoms with E-state index in [1.165, 1.54) is 29.2 Å². The molecular formula is C21H17FN6O3S. The molecule has 1 aliphatic rings. The summed E-state index contributed by atoms with van der Waals surface area (Å²) in [6.07, 6.45) is 2.97. The van der Waals surface area contributed by atoms with Gasteiger partial charge in [0.1, 0.15) is 12.1 Å². The number of aromatic nitrogens is 4. The van der Waals surface area contributed by atoms with Gasteiger partial charge in [-0.25, -0.2) is 9.07 Å². The molecule has 3 aromatic rings. The summed E-state index contributed by atoms with van der Waals surface area (Å²) in [6.45, 7) is 0.149. The number of benzene rings is 2. The van der Waals surface area contributed by atoms with E-state index in [0.29, 0.717) is 0 Å². The highest BCUT2D eigenvalue weighted by Crippen LogP contribution is 2.32. The zero-order chi connectivity index (χ0) is 22.5. The van der Waals surface area contributed by atoms with E-state index in [-0.39, 0.29) is 35.9 Å². The fourth-order valence-electron chi connectivity index (χ4n) is 3.03. The first-order valence-corrected chi connectivity index (χ1v) is 10.4. The van der Waals surface area contributed by atoms with Gasteiger partial charge >= 0.3 is 0 Å². The third kappa shape index (κ3) is 4.89. The van der Waals surface area contributed by atoms with Gasteiger partial charge in [0, 0.05) is 18.7 Å². The van der Waals surface area contributed by atoms with Crippen LogP contribution in [0.15, 0.2) is 59.8 Å². The number of nitrogens with zero attached hydrogens (tertiary/aromatic N) is 5. The van der Waals surface area contributed by atoms with E-state index in [1.807, 2.05) is 0 Å². The molecule has 9 nitrogen and oxygen atoms in total. The molecular weight excluding hydrogens is 435 g/mol. The number of amides is 3. The van der Waals surface area contributed by atoms with Crippen molar-refractivity contribution < 1.29 is 18.8 Å². The van der Waals surface area contributed by atoms with E-state index < -0.39 is 17.0 Å². The van der Waals surface area contributed by atoms with Gasteiger partial charge in [-0.3, -0.25) is 19.3 Å². The number of rotatable bonds is 7. The van der Waals surface area contributed by atoms with Gasteiger partial charge in [0.25, 0.3) is 11.1 Å². The number of carbonyl (C=O) groups excluding carboxylic acids is 3. The molecule has 0 unspecified atom stereocenters. The Morgan fingerprint density at radius 2 is 1.91 bits per heavy atom. The quantitative estimate of drug-likeness (QED) is 0.547. The average Bonchev–Trinajstić information content (AvgIpc) is 3.40. The molecule has 1 aromatic heterocycles. The standard InChI is InChI=1S/C21H17FN6O3S/c22-17-4-2-1-3-15(17)12-18-20(30)27(21(31)32-18)10-9-23-19(29)11-14-5-7-16(8-6-14)28-13-24-25-26-28/h1-8,12-13H,9-11H2,(H,23,29)/b18-12-. The largest absolute Gasteiger partial charge is 0.354 e. The molecule has 11 heteroatoms. The molecule has 1 aliphatic heterocycles. The second-order valence-electron chi connectivity index (χ2n) is 6.80. The van der Waals surface area contributed by atoms with E-state index in [9.17, 15) is 18.8 Å². The summed E-state index contributed by atoms with van der Waals surface area (Å²) >= 11 is 0.750. The fourth-order valence-corrected chi connectivity index (χ4v) is 3.88. The second-order valence-corrected chi connectivity index (χ2v) is 7.80. The maximum atomic E-state index is 13.8. The van der Waals surface area contributed by atoms with Crippen LogP contribution in [0, 0.1) is 5.82 Å². The van der Waals surface area contributed by atoms with E-state index in [2.05, 4.69) is 20.8 Å². The predicted molar refractivity (Wildman–Crippen MR) is 115 cm³/mol.